The van der Waals surface area contributed by atoms with Crippen LogP contribution in [0, 0.1) is 0 Å². The van der Waals surface area contributed by atoms with Gasteiger partial charge in [0.15, 0.2) is 0 Å². The first-order chi connectivity index (χ1) is 3.77. The number of nitrogens with zero attached hydrogens (tertiary/aromatic N) is 1. The lowest BCUT2D eigenvalue weighted by Gasteiger charge is -2.12. The van der Waals surface area contributed by atoms with Gasteiger partial charge in [-0.25, -0.2) is 0 Å². The van der Waals surface area contributed by atoms with E-state index in [1.165, 1.54) is 11.8 Å². The molecule has 1 atom stereocenters. The highest BCUT2D eigenvalue weighted by Gasteiger charge is 2.28. The molecule has 0 aromatic carbocycles. The first kappa shape index (κ1) is 6.72. The summed E-state index contributed by atoms with van der Waals surface area (Å²) in [5, 5.41) is 0. The van der Waals surface area contributed by atoms with E-state index < -0.39 is 0 Å². The summed E-state index contributed by atoms with van der Waals surface area (Å²) in [6, 6.07) is 0. The zero-order chi connectivity index (χ0) is 6.04. The van der Waals surface area contributed by atoms with Gasteiger partial charge in [-0.05, 0) is 0 Å². The van der Waals surface area contributed by atoms with Gasteiger partial charge in [0, 0.05) is 0 Å². The predicted molar refractivity (Wildman–Crippen MR) is 40.3 cm³/mol. The Kier molecular flexibility index (Phi) is 2.07. The van der Waals surface area contributed by atoms with E-state index in [2.05, 4.69) is 4.99 Å². The molecular weight excluding hydrogens is 165 g/mol. The number of halogens is 2. The standard InChI is InChI=1S/C4H5Cl2NS/c5-1-4(6)2-7-3-8-4/h3H,1-2H2. The van der Waals surface area contributed by atoms with Crippen LogP contribution < -0.4 is 0 Å². The van der Waals surface area contributed by atoms with Crippen LogP contribution in [0.1, 0.15) is 0 Å². The Balaban J connectivity index is 2.46. The molecule has 0 spiro atoms. The summed E-state index contributed by atoms with van der Waals surface area (Å²) < 4.78 is -0.332. The highest BCUT2D eigenvalue weighted by Crippen LogP contribution is 2.33. The van der Waals surface area contributed by atoms with E-state index in [0.29, 0.717) is 12.4 Å². The van der Waals surface area contributed by atoms with Crippen molar-refractivity contribution in [3.8, 4) is 0 Å². The summed E-state index contributed by atoms with van der Waals surface area (Å²) >= 11 is 12.9. The number of alkyl halides is 2. The minimum Gasteiger partial charge on any atom is -0.283 e. The SMILES string of the molecule is ClCC1(Cl)CN=CS1. The normalized spacial score (nSPS) is 36.2. The van der Waals surface area contributed by atoms with Gasteiger partial charge in [-0.2, -0.15) is 0 Å². The Morgan fingerprint density at radius 2 is 2.62 bits per heavy atom. The lowest BCUT2D eigenvalue weighted by molar-refractivity contribution is 0.910. The molecule has 0 aliphatic carbocycles. The van der Waals surface area contributed by atoms with Gasteiger partial charge < -0.3 is 0 Å². The third kappa shape index (κ3) is 1.30. The average Bonchev–Trinajstić information content (AvgIpc) is 2.17. The van der Waals surface area contributed by atoms with Crippen molar-refractivity contribution in [3.05, 3.63) is 0 Å². The Morgan fingerprint density at radius 1 is 1.88 bits per heavy atom. The van der Waals surface area contributed by atoms with Crippen molar-refractivity contribution in [2.24, 2.45) is 4.99 Å². The molecule has 0 radical (unpaired) electrons. The summed E-state index contributed by atoms with van der Waals surface area (Å²) in [6.07, 6.45) is 0. The second-order valence-electron chi connectivity index (χ2n) is 1.58. The third-order valence-electron chi connectivity index (χ3n) is 0.865. The van der Waals surface area contributed by atoms with Gasteiger partial charge in [0.2, 0.25) is 0 Å². The summed E-state index contributed by atoms with van der Waals surface area (Å²) in [5.41, 5.74) is 1.75. The molecule has 1 heterocycles. The van der Waals surface area contributed by atoms with Gasteiger partial charge in [-0.3, -0.25) is 4.99 Å². The third-order valence-corrected chi connectivity index (χ3v) is 3.09. The molecule has 46 valence electrons. The topological polar surface area (TPSA) is 12.4 Å². The van der Waals surface area contributed by atoms with Crippen molar-refractivity contribution < 1.29 is 0 Å². The van der Waals surface area contributed by atoms with Crippen molar-refractivity contribution in [1.29, 1.82) is 0 Å². The number of aliphatic imine (C=N–C) groups is 1. The number of hydrogen-bond donors (Lipinski definition) is 0. The van der Waals surface area contributed by atoms with Crippen LogP contribution in [0.3, 0.4) is 0 Å². The number of thioether (sulfide) groups is 1. The summed E-state index contributed by atoms with van der Waals surface area (Å²) in [6.45, 7) is 0.642. The maximum Gasteiger partial charge on any atom is 0.128 e. The van der Waals surface area contributed by atoms with Crippen LogP contribution in [-0.2, 0) is 0 Å². The van der Waals surface area contributed by atoms with Crippen LogP contribution in [0.25, 0.3) is 0 Å². The molecule has 1 aliphatic rings. The molecule has 0 fully saturated rings. The molecule has 0 saturated heterocycles. The largest absolute Gasteiger partial charge is 0.283 e. The lowest BCUT2D eigenvalue weighted by Crippen LogP contribution is -2.18. The van der Waals surface area contributed by atoms with Crippen LogP contribution >= 0.6 is 35.0 Å². The molecule has 0 bridgehead atoms. The molecule has 0 aromatic rings. The van der Waals surface area contributed by atoms with E-state index in [4.69, 9.17) is 23.2 Å². The molecular formula is C4H5Cl2NS. The fourth-order valence-electron chi connectivity index (χ4n) is 0.416. The highest BCUT2D eigenvalue weighted by molar-refractivity contribution is 8.14. The predicted octanol–water partition coefficient (Wildman–Crippen LogP) is 1.94. The van der Waals surface area contributed by atoms with Crippen LogP contribution in [-0.4, -0.2) is 22.2 Å². The van der Waals surface area contributed by atoms with Crippen LogP contribution in [0.2, 0.25) is 0 Å². The summed E-state index contributed by atoms with van der Waals surface area (Å²) in [4.78, 5) is 3.93. The molecule has 0 aromatic heterocycles. The van der Waals surface area contributed by atoms with E-state index >= 15 is 0 Å². The summed E-state index contributed by atoms with van der Waals surface area (Å²) in [7, 11) is 0. The number of rotatable bonds is 1. The molecule has 0 N–H and O–H groups in total. The van der Waals surface area contributed by atoms with E-state index in [-0.39, 0.29) is 4.21 Å². The Bertz CT molecular complexity index is 107. The van der Waals surface area contributed by atoms with E-state index in [1.807, 2.05) is 0 Å². The van der Waals surface area contributed by atoms with Gasteiger partial charge in [0.1, 0.15) is 4.21 Å². The monoisotopic (exact) mass is 169 g/mol. The average molecular weight is 170 g/mol. The molecule has 0 saturated carbocycles. The Labute approximate surface area is 62.5 Å². The number of hydrogen-bond acceptors (Lipinski definition) is 2. The van der Waals surface area contributed by atoms with Gasteiger partial charge in [0.05, 0.1) is 18.0 Å². The lowest BCUT2D eigenvalue weighted by atomic mass is 10.5. The van der Waals surface area contributed by atoms with Crippen molar-refractivity contribution in [3.63, 3.8) is 0 Å². The second-order valence-corrected chi connectivity index (χ2v) is 4.02. The van der Waals surface area contributed by atoms with Crippen LogP contribution in [0.4, 0.5) is 0 Å². The van der Waals surface area contributed by atoms with E-state index in [0.717, 1.165) is 0 Å². The maximum atomic E-state index is 5.86. The minimum absolute atomic E-state index is 0.332. The smallest absolute Gasteiger partial charge is 0.128 e. The maximum absolute atomic E-state index is 5.86. The van der Waals surface area contributed by atoms with Crippen molar-refractivity contribution in [2.45, 2.75) is 4.21 Å². The fourth-order valence-corrected chi connectivity index (χ4v) is 1.43. The molecule has 1 rings (SSSR count). The van der Waals surface area contributed by atoms with Crippen LogP contribution in [0.5, 0.6) is 0 Å². The van der Waals surface area contributed by atoms with E-state index in [1.54, 1.807) is 5.55 Å². The van der Waals surface area contributed by atoms with Gasteiger partial charge >= 0.3 is 0 Å². The molecule has 1 unspecified atom stereocenters. The zero-order valence-corrected chi connectivity index (χ0v) is 6.43. The second kappa shape index (κ2) is 2.46. The Hall–Kier alpha value is 0.600. The van der Waals surface area contributed by atoms with Crippen molar-refractivity contribution in [2.75, 3.05) is 12.4 Å². The van der Waals surface area contributed by atoms with Crippen LogP contribution in [0.15, 0.2) is 4.99 Å². The fraction of sp³-hybridized carbons (Fsp3) is 0.750. The van der Waals surface area contributed by atoms with Crippen molar-refractivity contribution in [1.82, 2.24) is 0 Å². The molecule has 8 heavy (non-hydrogen) atoms. The summed E-state index contributed by atoms with van der Waals surface area (Å²) in [5.74, 6) is 0.458. The molecule has 1 nitrogen and oxygen atoms in total. The zero-order valence-electron chi connectivity index (χ0n) is 4.10. The van der Waals surface area contributed by atoms with Gasteiger partial charge in [0.25, 0.3) is 0 Å². The highest BCUT2D eigenvalue weighted by atomic mass is 35.5. The quantitative estimate of drug-likeness (QED) is 0.547. The van der Waals surface area contributed by atoms with E-state index in [9.17, 15) is 0 Å². The molecule has 0 amide bonds. The Morgan fingerprint density at radius 3 is 2.88 bits per heavy atom. The first-order valence-corrected chi connectivity index (χ1v) is 3.97. The van der Waals surface area contributed by atoms with Gasteiger partial charge in [-0.15, -0.1) is 23.2 Å². The first-order valence-electron chi connectivity index (χ1n) is 2.18. The van der Waals surface area contributed by atoms with Gasteiger partial charge in [-0.1, -0.05) is 11.8 Å². The minimum atomic E-state index is -0.332. The molecule has 1 aliphatic heterocycles. The molecule has 4 heteroatoms. The van der Waals surface area contributed by atoms with Crippen molar-refractivity contribution >= 4 is 40.5 Å².